The highest BCUT2D eigenvalue weighted by molar-refractivity contribution is 6.42. The standard InChI is InChI=1S/C16H21Cl2N3O2/c1-16(2,3)20-15-19-11-6-9(17)10(18)7-12(11)21(15)8-4-13(22)14(23)5-8/h6-8,13-14,22-23H,4-5H2,1-3H3,(H,19,20)/t8?,13-,14+. The normalized spacial score (nSPS) is 25.3. The van der Waals surface area contributed by atoms with Crippen molar-refractivity contribution in [1.82, 2.24) is 9.55 Å². The molecule has 126 valence electrons. The second-order valence-corrected chi connectivity index (χ2v) is 8.01. The van der Waals surface area contributed by atoms with Gasteiger partial charge in [-0.3, -0.25) is 0 Å². The molecular formula is C16H21Cl2N3O2. The van der Waals surface area contributed by atoms with Crippen molar-refractivity contribution in [2.45, 2.75) is 57.4 Å². The summed E-state index contributed by atoms with van der Waals surface area (Å²) in [4.78, 5) is 4.64. The van der Waals surface area contributed by atoms with Crippen molar-refractivity contribution < 1.29 is 10.2 Å². The molecule has 3 N–H and O–H groups in total. The van der Waals surface area contributed by atoms with E-state index in [0.29, 0.717) is 28.8 Å². The summed E-state index contributed by atoms with van der Waals surface area (Å²) in [5.74, 6) is 0.692. The molecule has 0 aliphatic heterocycles. The van der Waals surface area contributed by atoms with Crippen LogP contribution in [0.15, 0.2) is 12.1 Å². The average molecular weight is 358 g/mol. The number of hydrogen-bond donors (Lipinski definition) is 3. The van der Waals surface area contributed by atoms with Crippen LogP contribution in [0.1, 0.15) is 39.7 Å². The van der Waals surface area contributed by atoms with Gasteiger partial charge in [0.15, 0.2) is 0 Å². The lowest BCUT2D eigenvalue weighted by Crippen LogP contribution is -2.28. The summed E-state index contributed by atoms with van der Waals surface area (Å²) in [6, 6.07) is 3.48. The Morgan fingerprint density at radius 1 is 1.13 bits per heavy atom. The molecule has 5 nitrogen and oxygen atoms in total. The number of halogens is 2. The van der Waals surface area contributed by atoms with E-state index in [9.17, 15) is 10.2 Å². The Morgan fingerprint density at radius 3 is 2.26 bits per heavy atom. The topological polar surface area (TPSA) is 70.3 Å². The Labute approximate surface area is 145 Å². The van der Waals surface area contributed by atoms with E-state index in [-0.39, 0.29) is 11.6 Å². The molecule has 1 heterocycles. The summed E-state index contributed by atoms with van der Waals surface area (Å²) in [5.41, 5.74) is 1.40. The predicted molar refractivity (Wildman–Crippen MR) is 93.4 cm³/mol. The van der Waals surface area contributed by atoms with Gasteiger partial charge >= 0.3 is 0 Å². The Bertz CT molecular complexity index is 729. The molecule has 7 heteroatoms. The molecule has 0 amide bonds. The number of nitrogens with zero attached hydrogens (tertiary/aromatic N) is 2. The van der Waals surface area contributed by atoms with Gasteiger partial charge in [-0.2, -0.15) is 0 Å². The first-order valence-electron chi connectivity index (χ1n) is 7.67. The number of imidazole rings is 1. The van der Waals surface area contributed by atoms with Crippen molar-refractivity contribution in [3.63, 3.8) is 0 Å². The minimum absolute atomic E-state index is 0.0490. The molecule has 0 saturated heterocycles. The fourth-order valence-electron chi connectivity index (χ4n) is 3.06. The van der Waals surface area contributed by atoms with E-state index in [1.54, 1.807) is 12.1 Å². The van der Waals surface area contributed by atoms with Gasteiger partial charge in [0.2, 0.25) is 5.95 Å². The molecular weight excluding hydrogens is 337 g/mol. The van der Waals surface area contributed by atoms with Crippen molar-refractivity contribution in [3.8, 4) is 0 Å². The third-order valence-electron chi connectivity index (χ3n) is 4.05. The fraction of sp³-hybridized carbons (Fsp3) is 0.562. The van der Waals surface area contributed by atoms with Crippen molar-refractivity contribution >= 4 is 40.2 Å². The molecule has 1 saturated carbocycles. The second kappa shape index (κ2) is 5.81. The molecule has 3 atom stereocenters. The van der Waals surface area contributed by atoms with Gasteiger partial charge in [0.1, 0.15) is 0 Å². The maximum atomic E-state index is 9.91. The average Bonchev–Trinajstić information content (AvgIpc) is 2.89. The van der Waals surface area contributed by atoms with Gasteiger partial charge in [-0.1, -0.05) is 23.2 Å². The molecule has 1 aromatic heterocycles. The van der Waals surface area contributed by atoms with Gasteiger partial charge < -0.3 is 20.1 Å². The van der Waals surface area contributed by atoms with Crippen LogP contribution in [0.3, 0.4) is 0 Å². The fourth-order valence-corrected chi connectivity index (χ4v) is 3.38. The maximum Gasteiger partial charge on any atom is 0.204 e. The van der Waals surface area contributed by atoms with Gasteiger partial charge in [0, 0.05) is 11.6 Å². The highest BCUT2D eigenvalue weighted by atomic mass is 35.5. The number of benzene rings is 1. The van der Waals surface area contributed by atoms with E-state index in [0.717, 1.165) is 11.0 Å². The van der Waals surface area contributed by atoms with Crippen molar-refractivity contribution in [1.29, 1.82) is 0 Å². The molecule has 3 rings (SSSR count). The van der Waals surface area contributed by atoms with Crippen LogP contribution in [0.5, 0.6) is 0 Å². The Balaban J connectivity index is 2.15. The Hall–Kier alpha value is -1.01. The first kappa shape index (κ1) is 16.8. The first-order valence-corrected chi connectivity index (χ1v) is 8.42. The van der Waals surface area contributed by atoms with Crippen LogP contribution in [-0.4, -0.2) is 37.5 Å². The molecule has 0 radical (unpaired) electrons. The van der Waals surface area contributed by atoms with Crippen molar-refractivity contribution in [2.75, 3.05) is 5.32 Å². The number of hydrogen-bond acceptors (Lipinski definition) is 4. The van der Waals surface area contributed by atoms with E-state index in [4.69, 9.17) is 23.2 Å². The van der Waals surface area contributed by atoms with Crippen LogP contribution in [0.2, 0.25) is 10.0 Å². The van der Waals surface area contributed by atoms with Crippen LogP contribution >= 0.6 is 23.2 Å². The first-order chi connectivity index (χ1) is 10.7. The van der Waals surface area contributed by atoms with Crippen LogP contribution in [0.25, 0.3) is 11.0 Å². The van der Waals surface area contributed by atoms with Crippen molar-refractivity contribution in [2.24, 2.45) is 0 Å². The molecule has 1 aliphatic carbocycles. The number of rotatable bonds is 2. The smallest absolute Gasteiger partial charge is 0.204 e. The number of aromatic nitrogens is 2. The van der Waals surface area contributed by atoms with Gasteiger partial charge in [-0.15, -0.1) is 0 Å². The largest absolute Gasteiger partial charge is 0.390 e. The van der Waals surface area contributed by atoms with Crippen LogP contribution in [0, 0.1) is 0 Å². The van der Waals surface area contributed by atoms with Crippen LogP contribution in [-0.2, 0) is 0 Å². The lowest BCUT2D eigenvalue weighted by Gasteiger charge is -2.24. The van der Waals surface area contributed by atoms with Crippen molar-refractivity contribution in [3.05, 3.63) is 22.2 Å². The molecule has 1 aliphatic rings. The predicted octanol–water partition coefficient (Wildman–Crippen LogP) is 3.61. The highest BCUT2D eigenvalue weighted by Crippen LogP contribution is 2.38. The summed E-state index contributed by atoms with van der Waals surface area (Å²) in [6.07, 6.45) is -0.484. The summed E-state index contributed by atoms with van der Waals surface area (Å²) in [6.45, 7) is 6.15. The van der Waals surface area contributed by atoms with Gasteiger partial charge in [0.05, 0.1) is 33.3 Å². The quantitative estimate of drug-likeness (QED) is 0.767. The monoisotopic (exact) mass is 357 g/mol. The highest BCUT2D eigenvalue weighted by Gasteiger charge is 2.35. The minimum atomic E-state index is -0.720. The van der Waals surface area contributed by atoms with E-state index in [1.165, 1.54) is 0 Å². The third-order valence-corrected chi connectivity index (χ3v) is 4.78. The zero-order chi connectivity index (χ0) is 16.9. The zero-order valence-corrected chi connectivity index (χ0v) is 14.9. The second-order valence-electron chi connectivity index (χ2n) is 7.20. The van der Waals surface area contributed by atoms with E-state index in [1.807, 2.05) is 4.57 Å². The maximum absolute atomic E-state index is 9.91. The van der Waals surface area contributed by atoms with Gasteiger partial charge in [0.25, 0.3) is 0 Å². The molecule has 1 unspecified atom stereocenters. The zero-order valence-electron chi connectivity index (χ0n) is 13.3. The van der Waals surface area contributed by atoms with E-state index >= 15 is 0 Å². The third kappa shape index (κ3) is 3.29. The molecule has 0 spiro atoms. The van der Waals surface area contributed by atoms with Crippen LogP contribution in [0.4, 0.5) is 5.95 Å². The number of aliphatic hydroxyl groups excluding tert-OH is 2. The number of fused-ring (bicyclic) bond motifs is 1. The minimum Gasteiger partial charge on any atom is -0.390 e. The van der Waals surface area contributed by atoms with E-state index in [2.05, 4.69) is 31.1 Å². The van der Waals surface area contributed by atoms with Gasteiger partial charge in [-0.05, 0) is 45.7 Å². The Kier molecular flexibility index (Phi) is 4.25. The molecule has 1 aromatic carbocycles. The lowest BCUT2D eigenvalue weighted by molar-refractivity contribution is 0.0438. The molecule has 23 heavy (non-hydrogen) atoms. The molecule has 0 bridgehead atoms. The summed E-state index contributed by atoms with van der Waals surface area (Å²) in [5, 5.41) is 24.1. The summed E-state index contributed by atoms with van der Waals surface area (Å²) >= 11 is 12.3. The number of nitrogens with one attached hydrogen (secondary N) is 1. The van der Waals surface area contributed by atoms with Crippen LogP contribution < -0.4 is 5.32 Å². The number of anilines is 1. The summed E-state index contributed by atoms with van der Waals surface area (Å²) in [7, 11) is 0. The Morgan fingerprint density at radius 2 is 1.70 bits per heavy atom. The SMILES string of the molecule is CC(C)(C)Nc1nc2cc(Cl)c(Cl)cc2n1C1C[C@@H](O)[C@@H](O)C1. The van der Waals surface area contributed by atoms with E-state index < -0.39 is 12.2 Å². The number of aliphatic hydroxyl groups is 2. The van der Waals surface area contributed by atoms with Gasteiger partial charge in [-0.25, -0.2) is 4.98 Å². The molecule has 1 fully saturated rings. The molecule has 2 aromatic rings. The summed E-state index contributed by atoms with van der Waals surface area (Å²) < 4.78 is 2.02. The lowest BCUT2D eigenvalue weighted by atomic mass is 10.1.